The molecule has 1 rings (SSSR count). The summed E-state index contributed by atoms with van der Waals surface area (Å²) >= 11 is 5.92. The van der Waals surface area contributed by atoms with Gasteiger partial charge in [-0.05, 0) is 31.0 Å². The maximum atomic E-state index is 12.3. The predicted molar refractivity (Wildman–Crippen MR) is 73.9 cm³/mol. The van der Waals surface area contributed by atoms with Crippen molar-refractivity contribution in [1.82, 2.24) is 4.72 Å². The third kappa shape index (κ3) is 4.43. The molecule has 0 aromatic heterocycles. The molecule has 0 aliphatic heterocycles. The van der Waals surface area contributed by atoms with E-state index >= 15 is 0 Å². The van der Waals surface area contributed by atoms with Crippen molar-refractivity contribution in [3.8, 4) is 0 Å². The first kappa shape index (κ1) is 16.4. The van der Waals surface area contributed by atoms with E-state index < -0.39 is 16.1 Å². The molecule has 0 spiro atoms. The van der Waals surface area contributed by atoms with Crippen LogP contribution in [0.2, 0.25) is 5.02 Å². The summed E-state index contributed by atoms with van der Waals surface area (Å²) in [5.41, 5.74) is 0.497. The maximum absolute atomic E-state index is 12.3. The Hall–Kier alpha value is -0.660. The molecule has 0 fully saturated rings. The Morgan fingerprint density at radius 3 is 2.74 bits per heavy atom. The van der Waals surface area contributed by atoms with Gasteiger partial charge in [0.2, 0.25) is 10.0 Å². The Bertz CT molecular complexity index is 512. The van der Waals surface area contributed by atoms with E-state index in [0.29, 0.717) is 10.6 Å². The number of ether oxygens (including phenoxy) is 1. The summed E-state index contributed by atoms with van der Waals surface area (Å²) in [4.78, 5) is 0.138. The van der Waals surface area contributed by atoms with Crippen LogP contribution in [0.3, 0.4) is 0 Å². The van der Waals surface area contributed by atoms with Crippen molar-refractivity contribution in [3.63, 3.8) is 0 Å². The molecule has 1 unspecified atom stereocenters. The van der Waals surface area contributed by atoms with Crippen molar-refractivity contribution >= 4 is 21.6 Å². The minimum absolute atomic E-state index is 0.120. The third-order valence-corrected chi connectivity index (χ3v) is 4.75. The molecule has 0 saturated heterocycles. The molecule has 1 atom stereocenters. The van der Waals surface area contributed by atoms with E-state index in [4.69, 9.17) is 21.4 Å². The SMILES string of the molecule is COCC(CCO)NS(=O)(=O)c1cccc(Cl)c1C. The largest absolute Gasteiger partial charge is 0.396 e. The van der Waals surface area contributed by atoms with E-state index in [1.165, 1.54) is 13.2 Å². The Morgan fingerprint density at radius 1 is 1.47 bits per heavy atom. The van der Waals surface area contributed by atoms with Crippen LogP contribution >= 0.6 is 11.6 Å². The highest BCUT2D eigenvalue weighted by Crippen LogP contribution is 2.22. The molecule has 2 N–H and O–H groups in total. The summed E-state index contributed by atoms with van der Waals surface area (Å²) in [5.74, 6) is 0. The number of aliphatic hydroxyl groups excluding tert-OH is 1. The van der Waals surface area contributed by atoms with Gasteiger partial charge in [0, 0.05) is 24.8 Å². The van der Waals surface area contributed by atoms with Crippen molar-refractivity contribution in [2.24, 2.45) is 0 Å². The normalized spacial score (nSPS) is 13.5. The second-order valence-electron chi connectivity index (χ2n) is 4.15. The molecule has 0 amide bonds. The number of halogens is 1. The first-order chi connectivity index (χ1) is 8.92. The van der Waals surface area contributed by atoms with Gasteiger partial charge in [0.15, 0.2) is 0 Å². The van der Waals surface area contributed by atoms with Gasteiger partial charge in [0.25, 0.3) is 0 Å². The molecule has 1 aromatic carbocycles. The summed E-state index contributed by atoms with van der Waals surface area (Å²) in [6, 6.07) is 4.24. The lowest BCUT2D eigenvalue weighted by Gasteiger charge is -2.18. The van der Waals surface area contributed by atoms with Gasteiger partial charge in [-0.2, -0.15) is 0 Å². The van der Waals surface area contributed by atoms with Gasteiger partial charge in [0.05, 0.1) is 11.5 Å². The summed E-state index contributed by atoms with van der Waals surface area (Å²) in [5, 5.41) is 9.31. The second-order valence-corrected chi connectivity index (χ2v) is 6.24. The molecule has 1 aromatic rings. The number of nitrogens with one attached hydrogen (secondary N) is 1. The van der Waals surface area contributed by atoms with E-state index in [0.717, 1.165) is 0 Å². The molecule has 0 saturated carbocycles. The van der Waals surface area contributed by atoms with E-state index in [9.17, 15) is 8.42 Å². The molecule has 5 nitrogen and oxygen atoms in total. The van der Waals surface area contributed by atoms with E-state index in [1.54, 1.807) is 19.1 Å². The fraction of sp³-hybridized carbons (Fsp3) is 0.500. The van der Waals surface area contributed by atoms with Crippen molar-refractivity contribution in [2.75, 3.05) is 20.3 Å². The van der Waals surface area contributed by atoms with Crippen LogP contribution in [0.25, 0.3) is 0 Å². The molecule has 0 radical (unpaired) electrons. The maximum Gasteiger partial charge on any atom is 0.241 e. The monoisotopic (exact) mass is 307 g/mol. The minimum atomic E-state index is -3.68. The van der Waals surface area contributed by atoms with Crippen LogP contribution in [0.1, 0.15) is 12.0 Å². The van der Waals surface area contributed by atoms with Crippen molar-refractivity contribution in [2.45, 2.75) is 24.3 Å². The number of sulfonamides is 1. The zero-order chi connectivity index (χ0) is 14.5. The molecule has 108 valence electrons. The number of hydrogen-bond acceptors (Lipinski definition) is 4. The van der Waals surface area contributed by atoms with Gasteiger partial charge in [-0.3, -0.25) is 0 Å². The fourth-order valence-corrected chi connectivity index (χ4v) is 3.45. The Labute approximate surface area is 118 Å². The lowest BCUT2D eigenvalue weighted by molar-refractivity contribution is 0.158. The lowest BCUT2D eigenvalue weighted by atomic mass is 10.2. The number of aliphatic hydroxyl groups is 1. The number of hydrogen-bond donors (Lipinski definition) is 2. The first-order valence-corrected chi connectivity index (χ1v) is 7.65. The standard InChI is InChI=1S/C12H18ClNO4S/c1-9-11(13)4-3-5-12(9)19(16,17)14-10(6-7-15)8-18-2/h3-5,10,14-15H,6-8H2,1-2H3. The zero-order valence-electron chi connectivity index (χ0n) is 10.9. The van der Waals surface area contributed by atoms with E-state index in [2.05, 4.69) is 4.72 Å². The van der Waals surface area contributed by atoms with Crippen LogP contribution in [-0.2, 0) is 14.8 Å². The minimum Gasteiger partial charge on any atom is -0.396 e. The zero-order valence-corrected chi connectivity index (χ0v) is 12.5. The fourth-order valence-electron chi connectivity index (χ4n) is 1.70. The molecule has 0 bridgehead atoms. The summed E-state index contributed by atoms with van der Waals surface area (Å²) in [7, 11) is -2.21. The highest BCUT2D eigenvalue weighted by molar-refractivity contribution is 7.89. The van der Waals surface area contributed by atoms with Crippen LogP contribution in [0.4, 0.5) is 0 Å². The van der Waals surface area contributed by atoms with Gasteiger partial charge in [-0.25, -0.2) is 13.1 Å². The smallest absolute Gasteiger partial charge is 0.241 e. The molecule has 0 aliphatic rings. The van der Waals surface area contributed by atoms with Crippen molar-refractivity contribution in [1.29, 1.82) is 0 Å². The average molecular weight is 308 g/mol. The van der Waals surface area contributed by atoms with E-state index in [1.807, 2.05) is 0 Å². The van der Waals surface area contributed by atoms with Crippen molar-refractivity contribution < 1.29 is 18.3 Å². The Morgan fingerprint density at radius 2 is 2.16 bits per heavy atom. The van der Waals surface area contributed by atoms with Crippen LogP contribution in [0, 0.1) is 6.92 Å². The third-order valence-electron chi connectivity index (χ3n) is 2.67. The van der Waals surface area contributed by atoms with Crippen molar-refractivity contribution in [3.05, 3.63) is 28.8 Å². The average Bonchev–Trinajstić information content (AvgIpc) is 2.32. The molecule has 19 heavy (non-hydrogen) atoms. The highest BCUT2D eigenvalue weighted by atomic mass is 35.5. The van der Waals surface area contributed by atoms with Gasteiger partial charge in [-0.1, -0.05) is 17.7 Å². The molecular formula is C12H18ClNO4S. The van der Waals surface area contributed by atoms with Gasteiger partial charge in [-0.15, -0.1) is 0 Å². The van der Waals surface area contributed by atoms with Gasteiger partial charge in [0.1, 0.15) is 0 Å². The molecular weight excluding hydrogens is 290 g/mol. The lowest BCUT2D eigenvalue weighted by Crippen LogP contribution is -2.38. The highest BCUT2D eigenvalue weighted by Gasteiger charge is 2.22. The first-order valence-electron chi connectivity index (χ1n) is 5.79. The summed E-state index contributed by atoms with van der Waals surface area (Å²) in [6.45, 7) is 1.72. The predicted octanol–water partition coefficient (Wildman–Crippen LogP) is 1.32. The molecule has 0 aliphatic carbocycles. The van der Waals surface area contributed by atoms with Crippen LogP contribution in [-0.4, -0.2) is 39.9 Å². The van der Waals surface area contributed by atoms with Gasteiger partial charge < -0.3 is 9.84 Å². The summed E-state index contributed by atoms with van der Waals surface area (Å²) in [6.07, 6.45) is 0.284. The van der Waals surface area contributed by atoms with Crippen LogP contribution < -0.4 is 4.72 Å². The summed E-state index contributed by atoms with van der Waals surface area (Å²) < 4.78 is 32.0. The number of benzene rings is 1. The molecule has 0 heterocycles. The quantitative estimate of drug-likeness (QED) is 0.797. The Kier molecular flexibility index (Phi) is 6.22. The van der Waals surface area contributed by atoms with Crippen LogP contribution in [0.15, 0.2) is 23.1 Å². The number of rotatable bonds is 7. The second kappa shape index (κ2) is 7.21. The Balaban J connectivity index is 3.00. The molecule has 7 heteroatoms. The van der Waals surface area contributed by atoms with Gasteiger partial charge >= 0.3 is 0 Å². The topological polar surface area (TPSA) is 75.6 Å². The van der Waals surface area contributed by atoms with E-state index in [-0.39, 0.29) is 24.5 Å². The van der Waals surface area contributed by atoms with Crippen LogP contribution in [0.5, 0.6) is 0 Å². The number of methoxy groups -OCH3 is 1.